The summed E-state index contributed by atoms with van der Waals surface area (Å²) in [5, 5.41) is 21.1. The Balaban J connectivity index is 2.23. The number of carbonyl (C=O) groups is 2. The summed E-state index contributed by atoms with van der Waals surface area (Å²) in [5.74, 6) is 0.366. The molecule has 0 aliphatic rings. The van der Waals surface area contributed by atoms with Crippen LogP contribution in [0.5, 0.6) is 5.75 Å². The number of para-hydroxylation sites is 1. The molecular weight excluding hydrogens is 390 g/mol. The second kappa shape index (κ2) is 11.9. The molecule has 0 bridgehead atoms. The lowest BCUT2D eigenvalue weighted by atomic mass is 10.0. The molecule has 0 saturated heterocycles. The van der Waals surface area contributed by atoms with Gasteiger partial charge in [-0.2, -0.15) is 0 Å². The molecule has 3 N–H and O–H groups in total. The molecule has 2 aromatic carbocycles. The summed E-state index contributed by atoms with van der Waals surface area (Å²) in [5.41, 5.74) is 1.54. The Bertz CT molecular complexity index is 822. The first-order valence-electron chi connectivity index (χ1n) is 9.55. The Labute approximate surface area is 175 Å². The summed E-state index contributed by atoms with van der Waals surface area (Å²) >= 11 is 0. The smallest absolute Gasteiger partial charge is 0.412 e. The topological polar surface area (TPSA) is 114 Å². The Morgan fingerprint density at radius 3 is 2.33 bits per heavy atom. The van der Waals surface area contributed by atoms with Crippen LogP contribution in [-0.2, 0) is 9.47 Å². The average Bonchev–Trinajstić information content (AvgIpc) is 2.75. The van der Waals surface area contributed by atoms with Crippen molar-refractivity contribution >= 4 is 17.6 Å². The van der Waals surface area contributed by atoms with Crippen LogP contribution in [0.3, 0.4) is 0 Å². The zero-order valence-electron chi connectivity index (χ0n) is 17.0. The standard InChI is InChI=1S/C22H27NO7/c1-15(26)16-7-9-17(10-8-16)23-22(27)30-21(20(28-2)11-12-24)18-5-3-4-6-19(18)29-14-13-25/h3-10,20-21,24-25H,11-14H2,1-2H3,(H,23,27)/t20-,21-/m0/s1. The van der Waals surface area contributed by atoms with E-state index in [4.69, 9.17) is 19.3 Å². The van der Waals surface area contributed by atoms with E-state index in [1.807, 2.05) is 0 Å². The molecule has 0 spiro atoms. The molecule has 8 heteroatoms. The van der Waals surface area contributed by atoms with Gasteiger partial charge >= 0.3 is 6.09 Å². The molecule has 0 unspecified atom stereocenters. The van der Waals surface area contributed by atoms with E-state index in [-0.39, 0.29) is 32.0 Å². The molecule has 0 aliphatic heterocycles. The number of nitrogens with one attached hydrogen (secondary N) is 1. The van der Waals surface area contributed by atoms with Gasteiger partial charge in [-0.25, -0.2) is 4.79 Å². The van der Waals surface area contributed by atoms with Gasteiger partial charge in [0.1, 0.15) is 18.5 Å². The van der Waals surface area contributed by atoms with E-state index < -0.39 is 18.3 Å². The minimum absolute atomic E-state index is 0.0735. The van der Waals surface area contributed by atoms with Crippen LogP contribution < -0.4 is 10.1 Å². The number of carbonyl (C=O) groups excluding carboxylic acids is 2. The van der Waals surface area contributed by atoms with Crippen LogP contribution in [0.1, 0.15) is 35.4 Å². The van der Waals surface area contributed by atoms with Crippen molar-refractivity contribution < 1.29 is 34.0 Å². The second-order valence-corrected chi connectivity index (χ2v) is 6.48. The summed E-state index contributed by atoms with van der Waals surface area (Å²) in [7, 11) is 1.46. The van der Waals surface area contributed by atoms with Crippen molar-refractivity contribution in [3.63, 3.8) is 0 Å². The van der Waals surface area contributed by atoms with Crippen molar-refractivity contribution in [2.24, 2.45) is 0 Å². The number of anilines is 1. The fourth-order valence-electron chi connectivity index (χ4n) is 2.91. The molecular formula is C22H27NO7. The number of aliphatic hydroxyl groups excluding tert-OH is 2. The molecule has 8 nitrogen and oxygen atoms in total. The number of ketones is 1. The van der Waals surface area contributed by atoms with Gasteiger partial charge in [0, 0.05) is 37.0 Å². The fourth-order valence-corrected chi connectivity index (χ4v) is 2.91. The fraction of sp³-hybridized carbons (Fsp3) is 0.364. The van der Waals surface area contributed by atoms with Crippen LogP contribution in [0.25, 0.3) is 0 Å². The first-order chi connectivity index (χ1) is 14.5. The highest BCUT2D eigenvalue weighted by molar-refractivity contribution is 5.95. The van der Waals surface area contributed by atoms with Gasteiger partial charge in [-0.3, -0.25) is 10.1 Å². The van der Waals surface area contributed by atoms with Crippen LogP contribution in [-0.4, -0.2) is 55.1 Å². The Morgan fingerprint density at radius 1 is 1.03 bits per heavy atom. The highest BCUT2D eigenvalue weighted by atomic mass is 16.6. The highest BCUT2D eigenvalue weighted by Gasteiger charge is 2.29. The first kappa shape index (κ1) is 23.3. The van der Waals surface area contributed by atoms with Gasteiger partial charge in [0.2, 0.25) is 0 Å². The third-order valence-corrected chi connectivity index (χ3v) is 4.40. The van der Waals surface area contributed by atoms with Gasteiger partial charge in [-0.05, 0) is 37.3 Å². The van der Waals surface area contributed by atoms with Gasteiger partial charge in [0.15, 0.2) is 11.9 Å². The number of methoxy groups -OCH3 is 1. The normalized spacial score (nSPS) is 12.7. The maximum Gasteiger partial charge on any atom is 0.412 e. The number of ether oxygens (including phenoxy) is 3. The first-order valence-corrected chi connectivity index (χ1v) is 9.55. The Morgan fingerprint density at radius 2 is 1.73 bits per heavy atom. The highest BCUT2D eigenvalue weighted by Crippen LogP contribution is 2.33. The molecule has 0 saturated carbocycles. The van der Waals surface area contributed by atoms with E-state index in [2.05, 4.69) is 5.32 Å². The summed E-state index contributed by atoms with van der Waals surface area (Å²) in [6.45, 7) is 1.22. The molecule has 0 radical (unpaired) electrons. The van der Waals surface area contributed by atoms with E-state index >= 15 is 0 Å². The molecule has 2 atom stereocenters. The SMILES string of the molecule is CO[C@@H](CCO)[C@@H](OC(=O)Nc1ccc(C(C)=O)cc1)c1ccccc1OCCO. The summed E-state index contributed by atoms with van der Waals surface area (Å²) in [6, 6.07) is 13.4. The van der Waals surface area contributed by atoms with Crippen molar-refractivity contribution in [1.29, 1.82) is 0 Å². The minimum Gasteiger partial charge on any atom is -0.491 e. The number of amides is 1. The quantitative estimate of drug-likeness (QED) is 0.482. The third-order valence-electron chi connectivity index (χ3n) is 4.40. The lowest BCUT2D eigenvalue weighted by Gasteiger charge is -2.27. The largest absolute Gasteiger partial charge is 0.491 e. The lowest BCUT2D eigenvalue weighted by molar-refractivity contribution is -0.0316. The number of hydrogen-bond acceptors (Lipinski definition) is 7. The molecule has 0 aliphatic carbocycles. The van der Waals surface area contributed by atoms with Crippen LogP contribution in [0, 0.1) is 0 Å². The number of Topliss-reactive ketones (excluding diaryl/α,β-unsaturated/α-hetero) is 1. The molecule has 30 heavy (non-hydrogen) atoms. The third kappa shape index (κ3) is 6.55. The van der Waals surface area contributed by atoms with E-state index in [1.54, 1.807) is 48.5 Å². The number of hydrogen-bond donors (Lipinski definition) is 3. The summed E-state index contributed by atoms with van der Waals surface area (Å²) in [6.07, 6.45) is -1.99. The Hall–Kier alpha value is -2.94. The number of benzene rings is 2. The molecule has 0 aromatic heterocycles. The molecule has 2 rings (SSSR count). The van der Waals surface area contributed by atoms with Crippen LogP contribution in [0.15, 0.2) is 48.5 Å². The van der Waals surface area contributed by atoms with E-state index in [1.165, 1.54) is 14.0 Å². The van der Waals surface area contributed by atoms with Gasteiger partial charge in [0.25, 0.3) is 0 Å². The average molecular weight is 417 g/mol. The van der Waals surface area contributed by atoms with Crippen LogP contribution in [0.4, 0.5) is 10.5 Å². The van der Waals surface area contributed by atoms with Crippen LogP contribution in [0.2, 0.25) is 0 Å². The van der Waals surface area contributed by atoms with Crippen LogP contribution >= 0.6 is 0 Å². The van der Waals surface area contributed by atoms with Crippen molar-refractivity contribution in [1.82, 2.24) is 0 Å². The maximum absolute atomic E-state index is 12.6. The monoisotopic (exact) mass is 417 g/mol. The zero-order valence-corrected chi connectivity index (χ0v) is 17.0. The second-order valence-electron chi connectivity index (χ2n) is 6.48. The summed E-state index contributed by atoms with van der Waals surface area (Å²) in [4.78, 5) is 23.9. The lowest BCUT2D eigenvalue weighted by Crippen LogP contribution is -2.29. The van der Waals surface area contributed by atoms with Crippen molar-refractivity contribution in [2.75, 3.05) is 32.2 Å². The molecule has 0 fully saturated rings. The van der Waals surface area contributed by atoms with E-state index in [9.17, 15) is 14.7 Å². The molecule has 162 valence electrons. The van der Waals surface area contributed by atoms with E-state index in [0.29, 0.717) is 22.6 Å². The van der Waals surface area contributed by atoms with Crippen molar-refractivity contribution in [3.05, 3.63) is 59.7 Å². The predicted molar refractivity (Wildman–Crippen MR) is 111 cm³/mol. The van der Waals surface area contributed by atoms with E-state index in [0.717, 1.165) is 0 Å². The molecule has 2 aromatic rings. The molecule has 0 heterocycles. The van der Waals surface area contributed by atoms with Gasteiger partial charge in [-0.1, -0.05) is 18.2 Å². The zero-order chi connectivity index (χ0) is 21.9. The van der Waals surface area contributed by atoms with Gasteiger partial charge in [0.05, 0.1) is 6.61 Å². The van der Waals surface area contributed by atoms with Crippen molar-refractivity contribution in [2.45, 2.75) is 25.6 Å². The Kier molecular flexibility index (Phi) is 9.27. The molecule has 1 amide bonds. The maximum atomic E-state index is 12.6. The number of rotatable bonds is 11. The number of aliphatic hydroxyl groups is 2. The van der Waals surface area contributed by atoms with Gasteiger partial charge < -0.3 is 24.4 Å². The minimum atomic E-state index is -0.867. The summed E-state index contributed by atoms with van der Waals surface area (Å²) < 4.78 is 16.7. The van der Waals surface area contributed by atoms with Crippen molar-refractivity contribution in [3.8, 4) is 5.75 Å². The predicted octanol–water partition coefficient (Wildman–Crippen LogP) is 2.95. The van der Waals surface area contributed by atoms with Gasteiger partial charge in [-0.15, -0.1) is 0 Å².